The molecule has 166 valence electrons. The molecule has 0 amide bonds. The van der Waals surface area contributed by atoms with E-state index in [1.54, 1.807) is 13.2 Å². The topological polar surface area (TPSA) is 48.0 Å². The zero-order valence-electron chi connectivity index (χ0n) is 18.9. The molecule has 0 saturated heterocycles. The van der Waals surface area contributed by atoms with E-state index in [1.165, 1.54) is 11.1 Å². The lowest BCUT2D eigenvalue weighted by Crippen LogP contribution is -2.33. The van der Waals surface area contributed by atoms with Gasteiger partial charge in [0, 0.05) is 24.6 Å². The first kappa shape index (κ1) is 24.3. The fourth-order valence-electron chi connectivity index (χ4n) is 3.90. The van der Waals surface area contributed by atoms with Crippen molar-refractivity contribution in [3.63, 3.8) is 0 Å². The van der Waals surface area contributed by atoms with E-state index in [4.69, 9.17) is 14.2 Å². The van der Waals surface area contributed by atoms with Crippen LogP contribution < -0.4 is 14.2 Å². The van der Waals surface area contributed by atoms with E-state index in [9.17, 15) is 4.79 Å². The van der Waals surface area contributed by atoms with E-state index in [1.807, 2.05) is 12.1 Å². The smallest absolute Gasteiger partial charge is 0.231 e. The second-order valence-corrected chi connectivity index (χ2v) is 8.94. The minimum atomic E-state index is -0.0486. The van der Waals surface area contributed by atoms with Crippen LogP contribution in [0.15, 0.2) is 29.9 Å². The van der Waals surface area contributed by atoms with Crippen molar-refractivity contribution in [2.24, 2.45) is 5.41 Å². The fourth-order valence-corrected chi connectivity index (χ4v) is 3.90. The van der Waals surface area contributed by atoms with Gasteiger partial charge in [-0.15, -0.1) is 12.4 Å². The van der Waals surface area contributed by atoms with Crippen LogP contribution in [0.25, 0.3) is 0 Å². The molecule has 0 N–H and O–H groups in total. The number of halogens is 1. The predicted molar refractivity (Wildman–Crippen MR) is 122 cm³/mol. The zero-order chi connectivity index (χ0) is 21.2. The number of hydrogen-bond donors (Lipinski definition) is 0. The SMILES string of the molecule is COc1c2c(cc3c1C(CC(=O)C=CC(C)(C)CC=C(C)C)N(C)CC3)OCO2.Cl. The van der Waals surface area contributed by atoms with Crippen molar-refractivity contribution in [3.05, 3.63) is 41.0 Å². The van der Waals surface area contributed by atoms with E-state index in [2.05, 4.69) is 45.7 Å². The average molecular weight is 436 g/mol. The maximum Gasteiger partial charge on any atom is 0.231 e. The summed E-state index contributed by atoms with van der Waals surface area (Å²) < 4.78 is 16.9. The van der Waals surface area contributed by atoms with Gasteiger partial charge in [0.15, 0.2) is 17.3 Å². The van der Waals surface area contributed by atoms with Crippen molar-refractivity contribution in [1.29, 1.82) is 0 Å². The largest absolute Gasteiger partial charge is 0.492 e. The maximum absolute atomic E-state index is 12.9. The van der Waals surface area contributed by atoms with E-state index < -0.39 is 0 Å². The molecular weight excluding hydrogens is 402 g/mol. The highest BCUT2D eigenvalue weighted by Crippen LogP contribution is 2.50. The van der Waals surface area contributed by atoms with Crippen LogP contribution in [-0.4, -0.2) is 38.2 Å². The van der Waals surface area contributed by atoms with E-state index in [0.717, 1.165) is 30.7 Å². The number of allylic oxidation sites excluding steroid dienone is 4. The fraction of sp³-hybridized carbons (Fsp3) is 0.542. The number of carbonyl (C=O) groups excluding carboxylic acids is 1. The Bertz CT molecular complexity index is 840. The molecule has 1 aromatic rings. The van der Waals surface area contributed by atoms with Crippen LogP contribution in [-0.2, 0) is 11.2 Å². The Hall–Kier alpha value is -1.98. The molecule has 1 aromatic carbocycles. The standard InChI is InChI=1S/C24H33NO4.ClH/c1-16(2)7-10-24(3,4)11-8-18(26)14-19-21-17(9-12-25(19)5)13-20-22(23(21)27-6)29-15-28-20;/h7-8,11,13,19H,9-10,12,14-15H2,1-6H3;1H. The minimum absolute atomic E-state index is 0. The van der Waals surface area contributed by atoms with Crippen molar-refractivity contribution in [1.82, 2.24) is 4.90 Å². The molecule has 2 aliphatic heterocycles. The number of nitrogens with zero attached hydrogens (tertiary/aromatic N) is 1. The molecule has 0 bridgehead atoms. The van der Waals surface area contributed by atoms with Gasteiger partial charge in [-0.1, -0.05) is 31.6 Å². The van der Waals surface area contributed by atoms with Gasteiger partial charge in [-0.25, -0.2) is 0 Å². The monoisotopic (exact) mass is 435 g/mol. The number of carbonyl (C=O) groups is 1. The zero-order valence-corrected chi connectivity index (χ0v) is 19.7. The summed E-state index contributed by atoms with van der Waals surface area (Å²) in [5.41, 5.74) is 3.47. The van der Waals surface area contributed by atoms with Gasteiger partial charge in [0.05, 0.1) is 7.11 Å². The molecule has 0 radical (unpaired) electrons. The number of ketones is 1. The van der Waals surface area contributed by atoms with Gasteiger partial charge in [-0.3, -0.25) is 9.69 Å². The van der Waals surface area contributed by atoms with E-state index in [0.29, 0.717) is 17.9 Å². The van der Waals surface area contributed by atoms with Crippen molar-refractivity contribution in [2.75, 3.05) is 27.5 Å². The Kier molecular flexibility index (Phi) is 8.00. The summed E-state index contributed by atoms with van der Waals surface area (Å²) >= 11 is 0. The lowest BCUT2D eigenvalue weighted by molar-refractivity contribution is -0.115. The van der Waals surface area contributed by atoms with Gasteiger partial charge in [0.2, 0.25) is 12.5 Å². The summed E-state index contributed by atoms with van der Waals surface area (Å²) in [7, 11) is 3.71. The van der Waals surface area contributed by atoms with Crippen LogP contribution >= 0.6 is 12.4 Å². The Morgan fingerprint density at radius 3 is 2.73 bits per heavy atom. The number of hydrogen-bond acceptors (Lipinski definition) is 5. The van der Waals surface area contributed by atoms with Crippen LogP contribution in [0.4, 0.5) is 0 Å². The van der Waals surface area contributed by atoms with Gasteiger partial charge in [-0.05, 0) is 56.9 Å². The van der Waals surface area contributed by atoms with Gasteiger partial charge < -0.3 is 14.2 Å². The van der Waals surface area contributed by atoms with Gasteiger partial charge >= 0.3 is 0 Å². The molecule has 0 aromatic heterocycles. The molecule has 3 rings (SSSR count). The molecule has 2 heterocycles. The lowest BCUT2D eigenvalue weighted by atomic mass is 9.86. The van der Waals surface area contributed by atoms with Crippen LogP contribution in [0.5, 0.6) is 17.2 Å². The van der Waals surface area contributed by atoms with Crippen molar-refractivity contribution in [2.45, 2.75) is 53.0 Å². The number of likely N-dealkylation sites (N-methyl/N-ethyl adjacent to an activating group) is 1. The summed E-state index contributed by atoms with van der Waals surface area (Å²) in [6.07, 6.45) is 8.23. The molecule has 0 aliphatic carbocycles. The first-order chi connectivity index (χ1) is 13.7. The van der Waals surface area contributed by atoms with Gasteiger partial charge in [-0.2, -0.15) is 0 Å². The van der Waals surface area contributed by atoms with E-state index in [-0.39, 0.29) is 36.4 Å². The predicted octanol–water partition coefficient (Wildman–Crippen LogP) is 5.27. The summed E-state index contributed by atoms with van der Waals surface area (Å²) in [4.78, 5) is 15.1. The summed E-state index contributed by atoms with van der Waals surface area (Å²) in [5.74, 6) is 2.21. The highest BCUT2D eigenvalue weighted by Gasteiger charge is 2.34. The third kappa shape index (κ3) is 5.38. The average Bonchev–Trinajstić information content (AvgIpc) is 3.14. The highest BCUT2D eigenvalue weighted by atomic mass is 35.5. The summed E-state index contributed by atoms with van der Waals surface area (Å²) in [6, 6.07) is 2.00. The third-order valence-electron chi connectivity index (χ3n) is 5.70. The molecule has 0 saturated carbocycles. The Morgan fingerprint density at radius 2 is 2.07 bits per heavy atom. The highest BCUT2D eigenvalue weighted by molar-refractivity contribution is 5.90. The van der Waals surface area contributed by atoms with Crippen LogP contribution in [0, 0.1) is 5.41 Å². The molecule has 2 aliphatic rings. The first-order valence-electron chi connectivity index (χ1n) is 10.3. The number of fused-ring (bicyclic) bond motifs is 2. The summed E-state index contributed by atoms with van der Waals surface area (Å²) in [5, 5.41) is 0. The Morgan fingerprint density at radius 1 is 1.33 bits per heavy atom. The number of rotatable bonds is 7. The normalized spacial score (nSPS) is 18.0. The molecule has 0 spiro atoms. The molecular formula is C24H34ClNO4. The van der Waals surface area contributed by atoms with E-state index >= 15 is 0 Å². The first-order valence-corrected chi connectivity index (χ1v) is 10.3. The molecule has 0 fully saturated rings. The second-order valence-electron chi connectivity index (χ2n) is 8.94. The van der Waals surface area contributed by atoms with Gasteiger partial charge in [0.25, 0.3) is 0 Å². The Labute approximate surface area is 186 Å². The number of methoxy groups -OCH3 is 1. The Balaban J connectivity index is 0.00000320. The van der Waals surface area contributed by atoms with Crippen LogP contribution in [0.2, 0.25) is 0 Å². The lowest BCUT2D eigenvalue weighted by Gasteiger charge is -2.35. The van der Waals surface area contributed by atoms with Crippen molar-refractivity contribution >= 4 is 18.2 Å². The summed E-state index contributed by atoms with van der Waals surface area (Å²) in [6.45, 7) is 9.60. The maximum atomic E-state index is 12.9. The molecule has 5 nitrogen and oxygen atoms in total. The van der Waals surface area contributed by atoms with Crippen molar-refractivity contribution < 1.29 is 19.0 Å². The van der Waals surface area contributed by atoms with Crippen molar-refractivity contribution in [3.8, 4) is 17.2 Å². The molecule has 30 heavy (non-hydrogen) atoms. The molecule has 1 atom stereocenters. The minimum Gasteiger partial charge on any atom is -0.492 e. The number of benzene rings is 1. The number of ether oxygens (including phenoxy) is 3. The van der Waals surface area contributed by atoms with Crippen LogP contribution in [0.1, 0.15) is 57.7 Å². The van der Waals surface area contributed by atoms with Crippen LogP contribution in [0.3, 0.4) is 0 Å². The quantitative estimate of drug-likeness (QED) is 0.431. The van der Waals surface area contributed by atoms with Gasteiger partial charge in [0.1, 0.15) is 0 Å². The second kappa shape index (κ2) is 9.88. The third-order valence-corrected chi connectivity index (χ3v) is 5.70. The molecule has 6 heteroatoms. The molecule has 1 unspecified atom stereocenters.